The molecule has 0 unspecified atom stereocenters. The van der Waals surface area contributed by atoms with Gasteiger partial charge >= 0.3 is 0 Å². The SMILES string of the molecule is COc1cc(C(=O)CCC(C)C)ccc1O. The number of Topliss-reactive ketones (excluding diaryl/α,β-unsaturated/α-hetero) is 1. The van der Waals surface area contributed by atoms with Gasteiger partial charge in [0.15, 0.2) is 17.3 Å². The number of carbonyl (C=O) groups excluding carboxylic acids is 1. The number of methoxy groups -OCH3 is 1. The largest absolute Gasteiger partial charge is 0.504 e. The molecule has 0 aliphatic carbocycles. The van der Waals surface area contributed by atoms with Crippen LogP contribution in [0.2, 0.25) is 0 Å². The van der Waals surface area contributed by atoms with E-state index in [1.807, 2.05) is 0 Å². The van der Waals surface area contributed by atoms with Crippen molar-refractivity contribution in [1.82, 2.24) is 0 Å². The summed E-state index contributed by atoms with van der Waals surface area (Å²) >= 11 is 0. The van der Waals surface area contributed by atoms with Crippen molar-refractivity contribution in [3.8, 4) is 11.5 Å². The van der Waals surface area contributed by atoms with Crippen LogP contribution in [0.1, 0.15) is 37.0 Å². The van der Waals surface area contributed by atoms with Crippen LogP contribution < -0.4 is 4.74 Å². The Bertz CT molecular complexity index is 369. The van der Waals surface area contributed by atoms with Gasteiger partial charge in [0.2, 0.25) is 0 Å². The molecule has 0 atom stereocenters. The van der Waals surface area contributed by atoms with Gasteiger partial charge in [-0.25, -0.2) is 0 Å². The van der Waals surface area contributed by atoms with Gasteiger partial charge in [-0.3, -0.25) is 4.79 Å². The molecular weight excluding hydrogens is 204 g/mol. The molecule has 0 saturated carbocycles. The van der Waals surface area contributed by atoms with Crippen LogP contribution in [0.4, 0.5) is 0 Å². The second kappa shape index (κ2) is 5.54. The zero-order valence-corrected chi connectivity index (χ0v) is 9.99. The fourth-order valence-electron chi connectivity index (χ4n) is 1.42. The number of rotatable bonds is 5. The molecule has 0 radical (unpaired) electrons. The van der Waals surface area contributed by atoms with Gasteiger partial charge in [-0.05, 0) is 30.5 Å². The lowest BCUT2D eigenvalue weighted by Gasteiger charge is -2.07. The molecule has 0 aliphatic rings. The number of phenols is 1. The lowest BCUT2D eigenvalue weighted by Crippen LogP contribution is -2.01. The second-order valence-corrected chi connectivity index (χ2v) is 4.24. The van der Waals surface area contributed by atoms with E-state index >= 15 is 0 Å². The second-order valence-electron chi connectivity index (χ2n) is 4.24. The summed E-state index contributed by atoms with van der Waals surface area (Å²) < 4.78 is 4.96. The first-order chi connectivity index (χ1) is 7.54. The van der Waals surface area contributed by atoms with Gasteiger partial charge in [-0.1, -0.05) is 13.8 Å². The maximum absolute atomic E-state index is 11.8. The van der Waals surface area contributed by atoms with E-state index in [0.29, 0.717) is 23.7 Å². The first-order valence-electron chi connectivity index (χ1n) is 5.44. The van der Waals surface area contributed by atoms with Gasteiger partial charge in [0, 0.05) is 12.0 Å². The fourth-order valence-corrected chi connectivity index (χ4v) is 1.42. The number of phenolic OH excluding ortho intramolecular Hbond substituents is 1. The smallest absolute Gasteiger partial charge is 0.163 e. The molecule has 0 fully saturated rings. The van der Waals surface area contributed by atoms with Gasteiger partial charge in [-0.2, -0.15) is 0 Å². The number of benzene rings is 1. The molecule has 16 heavy (non-hydrogen) atoms. The van der Waals surface area contributed by atoms with Crippen molar-refractivity contribution in [2.75, 3.05) is 7.11 Å². The molecule has 0 aliphatic heterocycles. The molecule has 0 amide bonds. The predicted molar refractivity (Wildman–Crippen MR) is 63.1 cm³/mol. The van der Waals surface area contributed by atoms with E-state index < -0.39 is 0 Å². The van der Waals surface area contributed by atoms with Crippen LogP contribution in [0.5, 0.6) is 11.5 Å². The Morgan fingerprint density at radius 3 is 2.69 bits per heavy atom. The van der Waals surface area contributed by atoms with E-state index in [0.717, 1.165) is 6.42 Å². The Hall–Kier alpha value is -1.51. The third-order valence-electron chi connectivity index (χ3n) is 2.45. The Labute approximate surface area is 96.1 Å². The van der Waals surface area contributed by atoms with Crippen LogP contribution in [0.3, 0.4) is 0 Å². The van der Waals surface area contributed by atoms with E-state index in [9.17, 15) is 9.90 Å². The molecule has 0 aromatic heterocycles. The molecule has 88 valence electrons. The topological polar surface area (TPSA) is 46.5 Å². The highest BCUT2D eigenvalue weighted by atomic mass is 16.5. The van der Waals surface area contributed by atoms with Crippen molar-refractivity contribution in [2.45, 2.75) is 26.7 Å². The average Bonchev–Trinajstić information content (AvgIpc) is 2.26. The summed E-state index contributed by atoms with van der Waals surface area (Å²) in [6.45, 7) is 4.18. The Morgan fingerprint density at radius 2 is 2.12 bits per heavy atom. The quantitative estimate of drug-likeness (QED) is 0.779. The van der Waals surface area contributed by atoms with Crippen LogP contribution >= 0.6 is 0 Å². The summed E-state index contributed by atoms with van der Waals surface area (Å²) in [4.78, 5) is 11.8. The Kier molecular flexibility index (Phi) is 4.35. The highest BCUT2D eigenvalue weighted by Gasteiger charge is 2.10. The molecule has 1 aromatic carbocycles. The van der Waals surface area contributed by atoms with Gasteiger partial charge in [-0.15, -0.1) is 0 Å². The number of hydrogen-bond donors (Lipinski definition) is 1. The fraction of sp³-hybridized carbons (Fsp3) is 0.462. The van der Waals surface area contributed by atoms with Crippen molar-refractivity contribution in [2.24, 2.45) is 5.92 Å². The van der Waals surface area contributed by atoms with Crippen molar-refractivity contribution >= 4 is 5.78 Å². The minimum atomic E-state index is 0.0582. The Morgan fingerprint density at radius 1 is 1.44 bits per heavy atom. The molecule has 1 N–H and O–H groups in total. The van der Waals surface area contributed by atoms with E-state index in [-0.39, 0.29) is 11.5 Å². The Balaban J connectivity index is 2.76. The summed E-state index contributed by atoms with van der Waals surface area (Å²) in [5, 5.41) is 9.40. The average molecular weight is 222 g/mol. The molecule has 0 heterocycles. The van der Waals surface area contributed by atoms with Crippen LogP contribution in [-0.2, 0) is 0 Å². The van der Waals surface area contributed by atoms with Crippen LogP contribution in [0.15, 0.2) is 18.2 Å². The molecule has 3 heteroatoms. The normalized spacial score (nSPS) is 10.5. The van der Waals surface area contributed by atoms with Crippen LogP contribution in [0.25, 0.3) is 0 Å². The van der Waals surface area contributed by atoms with E-state index in [4.69, 9.17) is 4.74 Å². The predicted octanol–water partition coefficient (Wildman–Crippen LogP) is 3.02. The van der Waals surface area contributed by atoms with Gasteiger partial charge < -0.3 is 9.84 Å². The number of ketones is 1. The minimum absolute atomic E-state index is 0.0582. The standard InChI is InChI=1S/C13H18O3/c1-9(2)4-6-11(14)10-5-7-12(15)13(8-10)16-3/h5,7-9,15H,4,6H2,1-3H3. The summed E-state index contributed by atoms with van der Waals surface area (Å²) in [6, 6.07) is 4.69. The van der Waals surface area contributed by atoms with Gasteiger partial charge in [0.1, 0.15) is 0 Å². The van der Waals surface area contributed by atoms with Crippen molar-refractivity contribution in [3.63, 3.8) is 0 Å². The van der Waals surface area contributed by atoms with Crippen molar-refractivity contribution in [1.29, 1.82) is 0 Å². The zero-order valence-electron chi connectivity index (χ0n) is 9.99. The maximum Gasteiger partial charge on any atom is 0.163 e. The van der Waals surface area contributed by atoms with E-state index in [2.05, 4.69) is 13.8 Å². The van der Waals surface area contributed by atoms with Crippen LogP contribution in [0, 0.1) is 5.92 Å². The number of ether oxygens (including phenoxy) is 1. The third kappa shape index (κ3) is 3.26. The zero-order chi connectivity index (χ0) is 12.1. The summed E-state index contributed by atoms with van der Waals surface area (Å²) in [7, 11) is 1.47. The molecule has 0 saturated heterocycles. The lowest BCUT2D eigenvalue weighted by molar-refractivity contribution is 0.0975. The van der Waals surface area contributed by atoms with E-state index in [1.54, 1.807) is 12.1 Å². The first kappa shape index (κ1) is 12.6. The van der Waals surface area contributed by atoms with Crippen molar-refractivity contribution in [3.05, 3.63) is 23.8 Å². The maximum atomic E-state index is 11.8. The molecule has 1 rings (SSSR count). The molecular formula is C13H18O3. The highest BCUT2D eigenvalue weighted by Crippen LogP contribution is 2.27. The van der Waals surface area contributed by atoms with Gasteiger partial charge in [0.25, 0.3) is 0 Å². The monoisotopic (exact) mass is 222 g/mol. The van der Waals surface area contributed by atoms with E-state index in [1.165, 1.54) is 13.2 Å². The van der Waals surface area contributed by atoms with Crippen LogP contribution in [-0.4, -0.2) is 18.0 Å². The summed E-state index contributed by atoms with van der Waals surface area (Å²) in [6.07, 6.45) is 1.41. The molecule has 0 bridgehead atoms. The highest BCUT2D eigenvalue weighted by molar-refractivity contribution is 5.96. The number of aromatic hydroxyl groups is 1. The molecule has 1 aromatic rings. The summed E-state index contributed by atoms with van der Waals surface area (Å²) in [5.74, 6) is 1.01. The molecule has 0 spiro atoms. The lowest BCUT2D eigenvalue weighted by atomic mass is 10.0. The van der Waals surface area contributed by atoms with Crippen molar-refractivity contribution < 1.29 is 14.6 Å². The number of hydrogen-bond acceptors (Lipinski definition) is 3. The first-order valence-corrected chi connectivity index (χ1v) is 5.44. The van der Waals surface area contributed by atoms with Gasteiger partial charge in [0.05, 0.1) is 7.11 Å². The minimum Gasteiger partial charge on any atom is -0.504 e. The third-order valence-corrected chi connectivity index (χ3v) is 2.45. The number of carbonyl (C=O) groups is 1. The summed E-state index contributed by atoms with van der Waals surface area (Å²) in [5.41, 5.74) is 0.593. The molecule has 3 nitrogen and oxygen atoms in total.